The van der Waals surface area contributed by atoms with Crippen LogP contribution in [0.4, 0.5) is 0 Å². The number of nitrogens with zero attached hydrogens (tertiary/aromatic N) is 2. The molecular formula is C19H25N3O4. The van der Waals surface area contributed by atoms with E-state index in [4.69, 9.17) is 9.47 Å². The molecule has 0 radical (unpaired) electrons. The first-order valence-electron chi connectivity index (χ1n) is 8.88. The monoisotopic (exact) mass is 359 g/mol. The van der Waals surface area contributed by atoms with Crippen LogP contribution >= 0.6 is 0 Å². The number of fused-ring (bicyclic) bond motifs is 1. The molecule has 2 aliphatic rings. The van der Waals surface area contributed by atoms with Crippen molar-refractivity contribution in [1.82, 2.24) is 10.3 Å². The predicted octanol–water partition coefficient (Wildman–Crippen LogP) is 1.97. The Bertz CT molecular complexity index is 714. The van der Waals surface area contributed by atoms with Crippen molar-refractivity contribution < 1.29 is 19.1 Å². The summed E-state index contributed by atoms with van der Waals surface area (Å²) >= 11 is 0. The number of hydrazone groups is 1. The summed E-state index contributed by atoms with van der Waals surface area (Å²) in [5, 5.41) is 4.21. The summed E-state index contributed by atoms with van der Waals surface area (Å²) in [6, 6.07) is 7.25. The molecule has 0 bridgehead atoms. The summed E-state index contributed by atoms with van der Waals surface area (Å²) in [6.07, 6.45) is 0.594. The molecule has 1 aromatic carbocycles. The minimum Gasteiger partial charge on any atom is -0.485 e. The molecule has 0 spiro atoms. The van der Waals surface area contributed by atoms with Crippen molar-refractivity contribution in [1.29, 1.82) is 0 Å². The molecule has 2 heterocycles. The number of piperidine rings is 1. The Hall–Kier alpha value is -2.57. The molecule has 7 heteroatoms. The Morgan fingerprint density at radius 3 is 2.46 bits per heavy atom. The topological polar surface area (TPSA) is 80.2 Å². The second-order valence-electron chi connectivity index (χ2n) is 7.56. The smallest absolute Gasteiger partial charge is 0.284 e. The average Bonchev–Trinajstić information content (AvgIpc) is 2.64. The maximum Gasteiger partial charge on any atom is 0.284 e. The highest BCUT2D eigenvalue weighted by Crippen LogP contribution is 2.30. The van der Waals surface area contributed by atoms with E-state index in [1.54, 1.807) is 12.1 Å². The summed E-state index contributed by atoms with van der Waals surface area (Å²) in [6.45, 7) is 7.17. The highest BCUT2D eigenvalue weighted by Gasteiger charge is 2.30. The van der Waals surface area contributed by atoms with Crippen LogP contribution in [0.5, 0.6) is 11.5 Å². The van der Waals surface area contributed by atoms with Crippen molar-refractivity contribution in [2.45, 2.75) is 39.7 Å². The molecule has 0 aliphatic carbocycles. The molecule has 2 amide bonds. The quantitative estimate of drug-likeness (QED) is 0.819. The van der Waals surface area contributed by atoms with Gasteiger partial charge in [0.1, 0.15) is 6.61 Å². The lowest BCUT2D eigenvalue weighted by Crippen LogP contribution is -2.45. The fourth-order valence-electron chi connectivity index (χ4n) is 2.91. The van der Waals surface area contributed by atoms with Crippen molar-refractivity contribution in [3.63, 3.8) is 0 Å². The summed E-state index contributed by atoms with van der Waals surface area (Å²) in [7, 11) is 0. The van der Waals surface area contributed by atoms with Crippen molar-refractivity contribution in [2.75, 3.05) is 19.7 Å². The first kappa shape index (κ1) is 18.2. The van der Waals surface area contributed by atoms with Crippen molar-refractivity contribution in [3.05, 3.63) is 24.3 Å². The maximum absolute atomic E-state index is 12.3. The molecule has 1 fully saturated rings. The van der Waals surface area contributed by atoms with Crippen LogP contribution in [-0.2, 0) is 9.59 Å². The molecular weight excluding hydrogens is 334 g/mol. The summed E-state index contributed by atoms with van der Waals surface area (Å²) < 4.78 is 11.2. The Morgan fingerprint density at radius 2 is 1.81 bits per heavy atom. The Labute approximate surface area is 153 Å². The second kappa shape index (κ2) is 7.35. The summed E-state index contributed by atoms with van der Waals surface area (Å²) in [5.74, 6) is 1.01. The van der Waals surface area contributed by atoms with Gasteiger partial charge in [0, 0.05) is 37.1 Å². The van der Waals surface area contributed by atoms with E-state index in [2.05, 4.69) is 10.5 Å². The van der Waals surface area contributed by atoms with Gasteiger partial charge in [-0.15, -0.1) is 0 Å². The lowest BCUT2D eigenvalue weighted by Gasteiger charge is -2.32. The molecule has 0 saturated carbocycles. The molecule has 1 aromatic rings. The number of para-hydroxylation sites is 2. The lowest BCUT2D eigenvalue weighted by molar-refractivity contribution is -0.139. The molecule has 1 saturated heterocycles. The number of rotatable bonds is 2. The van der Waals surface area contributed by atoms with Crippen LogP contribution in [0.2, 0.25) is 0 Å². The normalized spacial score (nSPS) is 19.7. The fraction of sp³-hybridized carbons (Fsp3) is 0.526. The van der Waals surface area contributed by atoms with Crippen LogP contribution in [0, 0.1) is 5.41 Å². The molecule has 3 rings (SSSR count). The van der Waals surface area contributed by atoms with Crippen LogP contribution < -0.4 is 14.9 Å². The van der Waals surface area contributed by atoms with Gasteiger partial charge in [-0.05, 0) is 12.1 Å². The highest BCUT2D eigenvalue weighted by atomic mass is 16.6. The van der Waals surface area contributed by atoms with Gasteiger partial charge >= 0.3 is 0 Å². The molecule has 0 aromatic heterocycles. The molecule has 0 unspecified atom stereocenters. The minimum absolute atomic E-state index is 0.145. The first-order valence-corrected chi connectivity index (χ1v) is 8.88. The Morgan fingerprint density at radius 1 is 1.15 bits per heavy atom. The number of amides is 2. The summed E-state index contributed by atoms with van der Waals surface area (Å²) in [4.78, 5) is 26.4. The predicted molar refractivity (Wildman–Crippen MR) is 97.2 cm³/mol. The number of ether oxygens (including phenoxy) is 2. The highest BCUT2D eigenvalue weighted by molar-refractivity contribution is 5.90. The molecule has 1 atom stereocenters. The van der Waals surface area contributed by atoms with Crippen molar-refractivity contribution in [2.24, 2.45) is 10.5 Å². The van der Waals surface area contributed by atoms with E-state index >= 15 is 0 Å². The third kappa shape index (κ3) is 4.15. The second-order valence-corrected chi connectivity index (χ2v) is 7.56. The zero-order valence-electron chi connectivity index (χ0n) is 15.4. The number of carbonyl (C=O) groups excluding carboxylic acids is 2. The number of carbonyl (C=O) groups is 2. The average molecular weight is 359 g/mol. The standard InChI is InChI=1S/C19H25N3O4/c1-19(2,3)18(24)22-10-8-13(9-11-22)20-21-17(23)16-12-25-14-6-4-5-7-15(14)26-16/h4-7,16H,8-12H2,1-3H3,(H,21,23)/t16-/m0/s1. The number of hydrogen-bond acceptors (Lipinski definition) is 5. The van der Waals surface area contributed by atoms with Crippen molar-refractivity contribution in [3.8, 4) is 11.5 Å². The van der Waals surface area contributed by atoms with Gasteiger partial charge in [0.05, 0.1) is 0 Å². The van der Waals surface area contributed by atoms with E-state index in [0.29, 0.717) is 37.4 Å². The van der Waals surface area contributed by atoms with Gasteiger partial charge < -0.3 is 14.4 Å². The van der Waals surface area contributed by atoms with Crippen LogP contribution in [0.1, 0.15) is 33.6 Å². The van der Waals surface area contributed by atoms with E-state index in [-0.39, 0.29) is 23.8 Å². The fourth-order valence-corrected chi connectivity index (χ4v) is 2.91. The zero-order chi connectivity index (χ0) is 18.7. The van der Waals surface area contributed by atoms with Gasteiger partial charge in [-0.2, -0.15) is 5.10 Å². The molecule has 1 N–H and O–H groups in total. The van der Waals surface area contributed by atoms with E-state index in [1.165, 1.54) is 0 Å². The molecule has 140 valence electrons. The van der Waals surface area contributed by atoms with Gasteiger partial charge in [0.2, 0.25) is 12.0 Å². The maximum atomic E-state index is 12.3. The van der Waals surface area contributed by atoms with Crippen molar-refractivity contribution >= 4 is 17.5 Å². The van der Waals surface area contributed by atoms with E-state index in [9.17, 15) is 9.59 Å². The van der Waals surface area contributed by atoms with Crippen LogP contribution in [-0.4, -0.2) is 48.2 Å². The SMILES string of the molecule is CC(C)(C)C(=O)N1CCC(=NNC(=O)[C@@H]2COc3ccccc3O2)CC1. The van der Waals surface area contributed by atoms with Gasteiger partial charge in [-0.25, -0.2) is 5.43 Å². The third-order valence-corrected chi connectivity index (χ3v) is 4.39. The van der Waals surface area contributed by atoms with E-state index in [0.717, 1.165) is 5.71 Å². The largest absolute Gasteiger partial charge is 0.485 e. The molecule has 7 nitrogen and oxygen atoms in total. The van der Waals surface area contributed by atoms with Gasteiger partial charge in [-0.3, -0.25) is 9.59 Å². The zero-order valence-corrected chi connectivity index (χ0v) is 15.4. The van der Waals surface area contributed by atoms with Gasteiger partial charge in [0.15, 0.2) is 11.5 Å². The van der Waals surface area contributed by atoms with E-state index < -0.39 is 6.10 Å². The lowest BCUT2D eigenvalue weighted by atomic mass is 9.93. The van der Waals surface area contributed by atoms with E-state index in [1.807, 2.05) is 37.8 Å². The summed E-state index contributed by atoms with van der Waals surface area (Å²) in [5.41, 5.74) is 3.07. The Balaban J connectivity index is 1.50. The van der Waals surface area contributed by atoms with Gasteiger partial charge in [-0.1, -0.05) is 32.9 Å². The molecule has 26 heavy (non-hydrogen) atoms. The third-order valence-electron chi connectivity index (χ3n) is 4.39. The molecule has 2 aliphatic heterocycles. The minimum atomic E-state index is -0.725. The van der Waals surface area contributed by atoms with Crippen LogP contribution in [0.15, 0.2) is 29.4 Å². The Kier molecular flexibility index (Phi) is 5.15. The number of benzene rings is 1. The number of hydrogen-bond donors (Lipinski definition) is 1. The van der Waals surface area contributed by atoms with Crippen LogP contribution in [0.3, 0.4) is 0 Å². The van der Waals surface area contributed by atoms with Gasteiger partial charge in [0.25, 0.3) is 5.91 Å². The van der Waals surface area contributed by atoms with Crippen LogP contribution in [0.25, 0.3) is 0 Å². The number of nitrogens with one attached hydrogen (secondary N) is 1. The number of likely N-dealkylation sites (tertiary alicyclic amines) is 1. The first-order chi connectivity index (χ1) is 12.3.